The molecule has 13 heavy (non-hydrogen) atoms. The van der Waals surface area contributed by atoms with Gasteiger partial charge in [-0.05, 0) is 39.1 Å². The molecule has 0 aromatic heterocycles. The quantitative estimate of drug-likeness (QED) is 0.617. The molecule has 0 fully saturated rings. The number of hydrogen-bond donors (Lipinski definition) is 1. The van der Waals surface area contributed by atoms with Crippen LogP contribution in [0.25, 0.3) is 0 Å². The van der Waals surface area contributed by atoms with Crippen LogP contribution in [0.1, 0.15) is 41.0 Å². The summed E-state index contributed by atoms with van der Waals surface area (Å²) in [7, 11) is 0. The van der Waals surface area contributed by atoms with Gasteiger partial charge in [-0.3, -0.25) is 0 Å². The lowest BCUT2D eigenvalue weighted by molar-refractivity contribution is 0.298. The SMILES string of the molecule is CC.CCNCCCN(CC)CC. The second kappa shape index (κ2) is 14.4. The summed E-state index contributed by atoms with van der Waals surface area (Å²) in [5.41, 5.74) is 0. The van der Waals surface area contributed by atoms with E-state index in [-0.39, 0.29) is 0 Å². The van der Waals surface area contributed by atoms with Crippen molar-refractivity contribution in [3.05, 3.63) is 0 Å². The van der Waals surface area contributed by atoms with E-state index in [1.165, 1.54) is 26.1 Å². The maximum absolute atomic E-state index is 3.33. The second-order valence-electron chi connectivity index (χ2n) is 2.73. The van der Waals surface area contributed by atoms with Gasteiger partial charge in [-0.15, -0.1) is 0 Å². The minimum Gasteiger partial charge on any atom is -0.317 e. The van der Waals surface area contributed by atoms with E-state index in [9.17, 15) is 0 Å². The second-order valence-corrected chi connectivity index (χ2v) is 2.73. The van der Waals surface area contributed by atoms with Gasteiger partial charge in [0.05, 0.1) is 0 Å². The predicted molar refractivity (Wildman–Crippen MR) is 62.3 cm³/mol. The molecule has 0 atom stereocenters. The molecule has 0 spiro atoms. The summed E-state index contributed by atoms with van der Waals surface area (Å²) in [5, 5.41) is 3.33. The standard InChI is InChI=1S/C9H22N2.C2H6/c1-4-10-8-7-9-11(5-2)6-3;1-2/h10H,4-9H2,1-3H3;1-2H3. The van der Waals surface area contributed by atoms with Gasteiger partial charge in [0.25, 0.3) is 0 Å². The van der Waals surface area contributed by atoms with Crippen LogP contribution in [-0.2, 0) is 0 Å². The van der Waals surface area contributed by atoms with Gasteiger partial charge < -0.3 is 10.2 Å². The lowest BCUT2D eigenvalue weighted by Gasteiger charge is -2.17. The van der Waals surface area contributed by atoms with Gasteiger partial charge in [-0.2, -0.15) is 0 Å². The van der Waals surface area contributed by atoms with E-state index in [0.29, 0.717) is 0 Å². The zero-order chi connectivity index (χ0) is 10.5. The van der Waals surface area contributed by atoms with Gasteiger partial charge in [-0.25, -0.2) is 0 Å². The Morgan fingerprint density at radius 3 is 1.92 bits per heavy atom. The highest BCUT2D eigenvalue weighted by Gasteiger charge is 1.96. The Balaban J connectivity index is 0. The van der Waals surface area contributed by atoms with Crippen molar-refractivity contribution in [1.29, 1.82) is 0 Å². The zero-order valence-corrected chi connectivity index (χ0v) is 10.2. The molecule has 0 bridgehead atoms. The fourth-order valence-electron chi connectivity index (χ4n) is 1.14. The van der Waals surface area contributed by atoms with Gasteiger partial charge in [0.1, 0.15) is 0 Å². The first kappa shape index (κ1) is 15.4. The maximum Gasteiger partial charge on any atom is -0.000687 e. The molecule has 0 heterocycles. The third-order valence-electron chi connectivity index (χ3n) is 1.97. The van der Waals surface area contributed by atoms with E-state index in [1.807, 2.05) is 13.8 Å². The molecule has 0 aromatic carbocycles. The smallest absolute Gasteiger partial charge is 0.000687 e. The third kappa shape index (κ3) is 11.9. The molecule has 0 aliphatic heterocycles. The van der Waals surface area contributed by atoms with Crippen LogP contribution in [-0.4, -0.2) is 37.6 Å². The van der Waals surface area contributed by atoms with Crippen LogP contribution >= 0.6 is 0 Å². The first-order chi connectivity index (χ1) is 6.35. The summed E-state index contributed by atoms with van der Waals surface area (Å²) in [5.74, 6) is 0. The summed E-state index contributed by atoms with van der Waals surface area (Å²) in [4.78, 5) is 2.46. The van der Waals surface area contributed by atoms with E-state index < -0.39 is 0 Å². The fraction of sp³-hybridized carbons (Fsp3) is 1.00. The Labute approximate surface area is 84.7 Å². The molecule has 0 saturated carbocycles. The van der Waals surface area contributed by atoms with Crippen LogP contribution in [0.15, 0.2) is 0 Å². The monoisotopic (exact) mass is 188 g/mol. The van der Waals surface area contributed by atoms with Crippen molar-refractivity contribution in [2.45, 2.75) is 41.0 Å². The highest BCUT2D eigenvalue weighted by Crippen LogP contribution is 1.88. The Bertz CT molecular complexity index is 70.5. The van der Waals surface area contributed by atoms with E-state index >= 15 is 0 Å². The van der Waals surface area contributed by atoms with Crippen molar-refractivity contribution in [2.75, 3.05) is 32.7 Å². The minimum absolute atomic E-state index is 1.10. The topological polar surface area (TPSA) is 15.3 Å². The van der Waals surface area contributed by atoms with Crippen molar-refractivity contribution >= 4 is 0 Å². The van der Waals surface area contributed by atoms with Crippen molar-refractivity contribution in [3.63, 3.8) is 0 Å². The van der Waals surface area contributed by atoms with Gasteiger partial charge in [0.2, 0.25) is 0 Å². The van der Waals surface area contributed by atoms with E-state index in [2.05, 4.69) is 31.0 Å². The molecular weight excluding hydrogens is 160 g/mol. The van der Waals surface area contributed by atoms with Crippen LogP contribution in [0.2, 0.25) is 0 Å². The Hall–Kier alpha value is -0.0800. The number of nitrogens with zero attached hydrogens (tertiary/aromatic N) is 1. The molecule has 0 rings (SSSR count). The highest BCUT2D eigenvalue weighted by molar-refractivity contribution is 4.53. The van der Waals surface area contributed by atoms with E-state index in [1.54, 1.807) is 0 Å². The molecule has 0 aliphatic rings. The van der Waals surface area contributed by atoms with Crippen molar-refractivity contribution in [3.8, 4) is 0 Å². The summed E-state index contributed by atoms with van der Waals surface area (Å²) in [6, 6.07) is 0. The van der Waals surface area contributed by atoms with Crippen LogP contribution in [0.3, 0.4) is 0 Å². The lowest BCUT2D eigenvalue weighted by Crippen LogP contribution is -2.27. The van der Waals surface area contributed by atoms with Crippen LogP contribution in [0, 0.1) is 0 Å². The van der Waals surface area contributed by atoms with E-state index in [0.717, 1.165) is 13.1 Å². The molecule has 2 nitrogen and oxygen atoms in total. The van der Waals surface area contributed by atoms with Crippen molar-refractivity contribution in [1.82, 2.24) is 10.2 Å². The maximum atomic E-state index is 3.33. The number of hydrogen-bond acceptors (Lipinski definition) is 2. The normalized spacial score (nSPS) is 9.69. The summed E-state index contributed by atoms with van der Waals surface area (Å²) < 4.78 is 0. The fourth-order valence-corrected chi connectivity index (χ4v) is 1.14. The molecule has 0 aliphatic carbocycles. The minimum atomic E-state index is 1.10. The van der Waals surface area contributed by atoms with Crippen molar-refractivity contribution < 1.29 is 0 Å². The van der Waals surface area contributed by atoms with Crippen LogP contribution in [0.5, 0.6) is 0 Å². The number of nitrogens with one attached hydrogen (secondary N) is 1. The molecule has 2 heteroatoms. The van der Waals surface area contributed by atoms with E-state index in [4.69, 9.17) is 0 Å². The summed E-state index contributed by atoms with van der Waals surface area (Å²) >= 11 is 0. The highest BCUT2D eigenvalue weighted by atomic mass is 15.1. The molecule has 0 aromatic rings. The molecule has 0 radical (unpaired) electrons. The predicted octanol–water partition coefficient (Wildman–Crippen LogP) is 2.35. The molecule has 0 unspecified atom stereocenters. The molecule has 0 amide bonds. The van der Waals surface area contributed by atoms with Gasteiger partial charge in [0, 0.05) is 0 Å². The van der Waals surface area contributed by atoms with Gasteiger partial charge in [-0.1, -0.05) is 34.6 Å². The van der Waals surface area contributed by atoms with Gasteiger partial charge >= 0.3 is 0 Å². The molecule has 1 N–H and O–H groups in total. The Kier molecular flexibility index (Phi) is 17.1. The average Bonchev–Trinajstić information content (AvgIpc) is 2.21. The largest absolute Gasteiger partial charge is 0.317 e. The van der Waals surface area contributed by atoms with Crippen LogP contribution in [0.4, 0.5) is 0 Å². The van der Waals surface area contributed by atoms with Crippen molar-refractivity contribution in [2.24, 2.45) is 0 Å². The Morgan fingerprint density at radius 1 is 1.00 bits per heavy atom. The molecule has 0 saturated heterocycles. The zero-order valence-electron chi connectivity index (χ0n) is 10.2. The first-order valence-corrected chi connectivity index (χ1v) is 5.78. The Morgan fingerprint density at radius 2 is 1.54 bits per heavy atom. The summed E-state index contributed by atoms with van der Waals surface area (Å²) in [6.45, 7) is 16.4. The lowest BCUT2D eigenvalue weighted by atomic mass is 10.3. The average molecular weight is 188 g/mol. The molecule has 82 valence electrons. The van der Waals surface area contributed by atoms with Crippen LogP contribution < -0.4 is 5.32 Å². The third-order valence-corrected chi connectivity index (χ3v) is 1.97. The number of rotatable bonds is 7. The molecular formula is C11H28N2. The summed E-state index contributed by atoms with van der Waals surface area (Å²) in [6.07, 6.45) is 1.27. The first-order valence-electron chi connectivity index (χ1n) is 5.78. The van der Waals surface area contributed by atoms with Gasteiger partial charge in [0.15, 0.2) is 0 Å².